The van der Waals surface area contributed by atoms with Crippen LogP contribution in [0.25, 0.3) is 0 Å². The Hall–Kier alpha value is -2.03. The first-order valence-electron chi connectivity index (χ1n) is 8.65. The number of hydrogen-bond donors (Lipinski definition) is 0. The van der Waals surface area contributed by atoms with E-state index < -0.39 is 20.5 Å². The minimum Gasteiger partial charge on any atom is -0.336 e. The fourth-order valence-electron chi connectivity index (χ4n) is 3.03. The molecule has 0 unspecified atom stereocenters. The summed E-state index contributed by atoms with van der Waals surface area (Å²) in [6.45, 7) is 3.23. The Morgan fingerprint density at radius 1 is 0.964 bits per heavy atom. The van der Waals surface area contributed by atoms with Crippen LogP contribution in [0, 0.1) is 0 Å². The number of piperazine rings is 1. The van der Waals surface area contributed by atoms with E-state index in [-0.39, 0.29) is 11.5 Å². The van der Waals surface area contributed by atoms with E-state index in [9.17, 15) is 22.0 Å². The fraction of sp³-hybridized carbons (Fsp3) is 0.316. The van der Waals surface area contributed by atoms with Crippen LogP contribution in [-0.2, 0) is 16.4 Å². The van der Waals surface area contributed by atoms with Gasteiger partial charge in [-0.1, -0.05) is 23.7 Å². The van der Waals surface area contributed by atoms with Gasteiger partial charge in [0.05, 0.1) is 4.90 Å². The van der Waals surface area contributed by atoms with Gasteiger partial charge in [-0.05, 0) is 42.0 Å². The van der Waals surface area contributed by atoms with E-state index in [0.717, 1.165) is 24.2 Å². The van der Waals surface area contributed by atoms with Gasteiger partial charge in [-0.2, -0.15) is 8.78 Å². The zero-order chi connectivity index (χ0) is 20.3. The molecule has 3 rings (SSSR count). The number of benzene rings is 2. The molecular formula is C19H19ClF2N2O3S. The number of amides is 1. The molecule has 0 bridgehead atoms. The molecule has 0 atom stereocenters. The highest BCUT2D eigenvalue weighted by Gasteiger charge is 2.27. The number of alkyl halides is 2. The standard InChI is InChI=1S/C19H19ClF2N2O3S/c20-16-5-1-14(2-6-16)13-23-9-11-24(12-10-23)18(25)15-3-7-17(8-4-15)28(26,27)19(21)22/h1-8,19H,9-13H2. The molecule has 2 aromatic rings. The van der Waals surface area contributed by atoms with Crippen molar-refractivity contribution in [1.29, 1.82) is 0 Å². The van der Waals surface area contributed by atoms with Crippen molar-refractivity contribution < 1.29 is 22.0 Å². The van der Waals surface area contributed by atoms with E-state index in [1.807, 2.05) is 24.3 Å². The second-order valence-electron chi connectivity index (χ2n) is 6.52. The Morgan fingerprint density at radius 3 is 2.07 bits per heavy atom. The molecule has 0 N–H and O–H groups in total. The zero-order valence-electron chi connectivity index (χ0n) is 14.9. The minimum atomic E-state index is -4.66. The lowest BCUT2D eigenvalue weighted by atomic mass is 10.1. The molecule has 0 radical (unpaired) electrons. The number of hydrogen-bond acceptors (Lipinski definition) is 4. The predicted molar refractivity (Wildman–Crippen MR) is 102 cm³/mol. The first kappa shape index (κ1) is 20.7. The van der Waals surface area contributed by atoms with Gasteiger partial charge >= 0.3 is 5.76 Å². The summed E-state index contributed by atoms with van der Waals surface area (Å²) in [5, 5.41) is 0.687. The van der Waals surface area contributed by atoms with Gasteiger partial charge in [-0.3, -0.25) is 9.69 Å². The number of sulfone groups is 1. The third-order valence-electron chi connectivity index (χ3n) is 4.64. The van der Waals surface area contributed by atoms with Crippen LogP contribution in [0.15, 0.2) is 53.4 Å². The molecule has 0 aliphatic carbocycles. The van der Waals surface area contributed by atoms with Gasteiger partial charge in [0, 0.05) is 43.3 Å². The van der Waals surface area contributed by atoms with Crippen LogP contribution in [0.5, 0.6) is 0 Å². The largest absolute Gasteiger partial charge is 0.341 e. The van der Waals surface area contributed by atoms with Crippen LogP contribution in [0.1, 0.15) is 15.9 Å². The summed E-state index contributed by atoms with van der Waals surface area (Å²) in [5.41, 5.74) is 1.42. The van der Waals surface area contributed by atoms with E-state index >= 15 is 0 Å². The van der Waals surface area contributed by atoms with Crippen LogP contribution in [0.4, 0.5) is 8.78 Å². The molecule has 0 aromatic heterocycles. The van der Waals surface area contributed by atoms with E-state index in [0.29, 0.717) is 31.2 Å². The third-order valence-corrected chi connectivity index (χ3v) is 6.29. The van der Waals surface area contributed by atoms with Crippen molar-refractivity contribution in [2.75, 3.05) is 26.2 Å². The molecule has 1 saturated heterocycles. The highest BCUT2D eigenvalue weighted by atomic mass is 35.5. The van der Waals surface area contributed by atoms with Crippen LogP contribution < -0.4 is 0 Å². The van der Waals surface area contributed by atoms with Gasteiger partial charge in [0.15, 0.2) is 0 Å². The van der Waals surface area contributed by atoms with Gasteiger partial charge in [-0.25, -0.2) is 8.42 Å². The number of carbonyl (C=O) groups excluding carboxylic acids is 1. The maximum Gasteiger partial charge on any atom is 0.341 e. The van der Waals surface area contributed by atoms with Crippen molar-refractivity contribution in [3.8, 4) is 0 Å². The van der Waals surface area contributed by atoms with Crippen LogP contribution in [0.3, 0.4) is 0 Å². The molecule has 0 spiro atoms. The van der Waals surface area contributed by atoms with Crippen LogP contribution >= 0.6 is 11.6 Å². The fourth-order valence-corrected chi connectivity index (χ4v) is 3.88. The van der Waals surface area contributed by atoms with Crippen molar-refractivity contribution in [2.24, 2.45) is 0 Å². The normalized spacial score (nSPS) is 15.8. The van der Waals surface area contributed by atoms with Gasteiger partial charge in [0.25, 0.3) is 5.91 Å². The second-order valence-corrected chi connectivity index (χ2v) is 8.88. The number of carbonyl (C=O) groups is 1. The molecule has 5 nitrogen and oxygen atoms in total. The van der Waals surface area contributed by atoms with Crippen molar-refractivity contribution in [3.63, 3.8) is 0 Å². The summed E-state index contributed by atoms with van der Waals surface area (Å²) in [6.07, 6.45) is 0. The Kier molecular flexibility index (Phi) is 6.32. The van der Waals surface area contributed by atoms with Gasteiger partial charge in [0.2, 0.25) is 9.84 Å². The molecule has 9 heteroatoms. The van der Waals surface area contributed by atoms with Gasteiger partial charge in [-0.15, -0.1) is 0 Å². The summed E-state index contributed by atoms with van der Waals surface area (Å²) >= 11 is 5.89. The Bertz CT molecular complexity index is 927. The van der Waals surface area contributed by atoms with E-state index in [1.165, 1.54) is 12.1 Å². The maximum absolute atomic E-state index is 12.6. The molecule has 150 valence electrons. The Balaban J connectivity index is 1.58. The molecule has 1 aliphatic rings. The average molecular weight is 429 g/mol. The van der Waals surface area contributed by atoms with Crippen molar-refractivity contribution in [3.05, 3.63) is 64.7 Å². The molecule has 1 fully saturated rings. The third kappa shape index (κ3) is 4.68. The molecular weight excluding hydrogens is 410 g/mol. The predicted octanol–water partition coefficient (Wildman–Crippen LogP) is 3.29. The topological polar surface area (TPSA) is 57.7 Å². The van der Waals surface area contributed by atoms with Crippen molar-refractivity contribution >= 4 is 27.3 Å². The number of halogens is 3. The smallest absolute Gasteiger partial charge is 0.336 e. The van der Waals surface area contributed by atoms with E-state index in [1.54, 1.807) is 4.90 Å². The lowest BCUT2D eigenvalue weighted by Gasteiger charge is -2.34. The summed E-state index contributed by atoms with van der Waals surface area (Å²) in [5.74, 6) is -3.73. The summed E-state index contributed by atoms with van der Waals surface area (Å²) in [6, 6.07) is 12.3. The average Bonchev–Trinajstić information content (AvgIpc) is 2.70. The Labute approximate surface area is 167 Å². The lowest BCUT2D eigenvalue weighted by Crippen LogP contribution is -2.48. The van der Waals surface area contributed by atoms with E-state index in [2.05, 4.69) is 4.90 Å². The molecule has 0 saturated carbocycles. The second kappa shape index (κ2) is 8.55. The molecule has 1 heterocycles. The summed E-state index contributed by atoms with van der Waals surface area (Å²) < 4.78 is 48.1. The summed E-state index contributed by atoms with van der Waals surface area (Å²) in [4.78, 5) is 16.0. The van der Waals surface area contributed by atoms with Crippen molar-refractivity contribution in [1.82, 2.24) is 9.80 Å². The molecule has 1 amide bonds. The maximum atomic E-state index is 12.6. The van der Waals surface area contributed by atoms with Gasteiger partial charge < -0.3 is 4.90 Å². The lowest BCUT2D eigenvalue weighted by molar-refractivity contribution is 0.0628. The Morgan fingerprint density at radius 2 is 1.54 bits per heavy atom. The first-order valence-corrected chi connectivity index (χ1v) is 10.6. The number of rotatable bonds is 5. The molecule has 1 aliphatic heterocycles. The monoisotopic (exact) mass is 428 g/mol. The molecule has 2 aromatic carbocycles. The van der Waals surface area contributed by atoms with E-state index in [4.69, 9.17) is 11.6 Å². The number of nitrogens with zero attached hydrogens (tertiary/aromatic N) is 2. The minimum absolute atomic E-state index is 0.243. The highest BCUT2D eigenvalue weighted by Crippen LogP contribution is 2.20. The zero-order valence-corrected chi connectivity index (χ0v) is 16.5. The quantitative estimate of drug-likeness (QED) is 0.733. The summed E-state index contributed by atoms with van der Waals surface area (Å²) in [7, 11) is -4.66. The molecule has 28 heavy (non-hydrogen) atoms. The van der Waals surface area contributed by atoms with Crippen LogP contribution in [0.2, 0.25) is 5.02 Å². The first-order chi connectivity index (χ1) is 13.3. The highest BCUT2D eigenvalue weighted by molar-refractivity contribution is 7.91. The van der Waals surface area contributed by atoms with Gasteiger partial charge in [0.1, 0.15) is 0 Å². The van der Waals surface area contributed by atoms with Crippen molar-refractivity contribution in [2.45, 2.75) is 17.2 Å². The van der Waals surface area contributed by atoms with Crippen LogP contribution in [-0.4, -0.2) is 56.1 Å². The SMILES string of the molecule is O=C(c1ccc(S(=O)(=O)C(F)F)cc1)N1CCN(Cc2ccc(Cl)cc2)CC1.